The quantitative estimate of drug-likeness (QED) is 0.391. The molecule has 2 aromatic carbocycles. The monoisotopic (exact) mass is 461 g/mol. The van der Waals surface area contributed by atoms with Crippen LogP contribution in [0.1, 0.15) is 11.4 Å². The third-order valence-electron chi connectivity index (χ3n) is 4.44. The zero-order valence-corrected chi connectivity index (χ0v) is 18.9. The van der Waals surface area contributed by atoms with Gasteiger partial charge in [0.05, 0.1) is 29.9 Å². The van der Waals surface area contributed by atoms with Crippen LogP contribution in [0.2, 0.25) is 0 Å². The first-order valence-corrected chi connectivity index (χ1v) is 12.1. The van der Waals surface area contributed by atoms with E-state index in [0.717, 1.165) is 23.6 Å². The van der Waals surface area contributed by atoms with Gasteiger partial charge >= 0.3 is 0 Å². The molecule has 0 aliphatic carbocycles. The van der Waals surface area contributed by atoms with Gasteiger partial charge in [-0.3, -0.25) is 9.10 Å². The van der Waals surface area contributed by atoms with Gasteiger partial charge in [-0.15, -0.1) is 10.2 Å². The number of anilines is 2. The fraction of sp³-hybridized carbons (Fsp3) is 0.250. The molecule has 0 bridgehead atoms. The van der Waals surface area contributed by atoms with Gasteiger partial charge in [0, 0.05) is 7.05 Å². The van der Waals surface area contributed by atoms with Crippen LogP contribution in [0.25, 0.3) is 0 Å². The predicted octanol–water partition coefficient (Wildman–Crippen LogP) is 2.53. The zero-order chi connectivity index (χ0) is 22.6. The maximum absolute atomic E-state index is 12.3. The summed E-state index contributed by atoms with van der Waals surface area (Å²) in [6.07, 6.45) is 1.14. The molecular weight excluding hydrogens is 438 g/mol. The minimum atomic E-state index is -3.54. The van der Waals surface area contributed by atoms with Crippen LogP contribution in [-0.4, -0.2) is 46.2 Å². The van der Waals surface area contributed by atoms with Crippen molar-refractivity contribution < 1.29 is 18.3 Å². The Morgan fingerprint density at radius 2 is 1.84 bits per heavy atom. The van der Waals surface area contributed by atoms with Gasteiger partial charge in [-0.25, -0.2) is 8.42 Å². The highest BCUT2D eigenvalue weighted by Gasteiger charge is 2.21. The Labute approximate surface area is 185 Å². The molecule has 0 saturated heterocycles. The molecule has 0 atom stereocenters. The van der Waals surface area contributed by atoms with Crippen LogP contribution in [0, 0.1) is 6.92 Å². The van der Waals surface area contributed by atoms with E-state index in [1.54, 1.807) is 41.9 Å². The Morgan fingerprint density at radius 1 is 1.16 bits per heavy atom. The summed E-state index contributed by atoms with van der Waals surface area (Å²) in [5.74, 6) is 0.162. The molecule has 0 saturated carbocycles. The molecule has 1 amide bonds. The SMILES string of the molecule is Cc1ccc(N(Cc2nnc(SCC(=O)Nc3ccccc3O)n2C)S(C)(=O)=O)cc1. The molecule has 9 nitrogen and oxygen atoms in total. The van der Waals surface area contributed by atoms with Crippen molar-refractivity contribution in [2.24, 2.45) is 7.05 Å². The predicted molar refractivity (Wildman–Crippen MR) is 121 cm³/mol. The van der Waals surface area contributed by atoms with Crippen LogP contribution in [0.3, 0.4) is 0 Å². The summed E-state index contributed by atoms with van der Waals surface area (Å²) in [4.78, 5) is 12.2. The second kappa shape index (κ2) is 9.40. The lowest BCUT2D eigenvalue weighted by Gasteiger charge is -2.22. The maximum Gasteiger partial charge on any atom is 0.234 e. The topological polar surface area (TPSA) is 117 Å². The first kappa shape index (κ1) is 22.6. The van der Waals surface area contributed by atoms with Gasteiger partial charge in [-0.1, -0.05) is 41.6 Å². The van der Waals surface area contributed by atoms with Crippen molar-refractivity contribution in [1.29, 1.82) is 0 Å². The van der Waals surface area contributed by atoms with Crippen molar-refractivity contribution in [1.82, 2.24) is 14.8 Å². The summed E-state index contributed by atoms with van der Waals surface area (Å²) in [5, 5.41) is 21.0. The Bertz CT molecular complexity index is 1180. The number of hydrogen-bond donors (Lipinski definition) is 2. The fourth-order valence-electron chi connectivity index (χ4n) is 2.74. The van der Waals surface area contributed by atoms with Crippen molar-refractivity contribution in [3.8, 4) is 5.75 Å². The molecule has 0 radical (unpaired) electrons. The maximum atomic E-state index is 12.3. The number of aromatic hydroxyl groups is 1. The standard InChI is InChI=1S/C20H23N5O4S2/c1-14-8-10-15(11-9-14)25(31(3,28)29)12-18-22-23-20(24(18)2)30-13-19(27)21-16-6-4-5-7-17(16)26/h4-11,26H,12-13H2,1-3H3,(H,21,27). The van der Waals surface area contributed by atoms with Gasteiger partial charge in [0.2, 0.25) is 15.9 Å². The molecule has 0 unspecified atom stereocenters. The number of nitrogens with one attached hydrogen (secondary N) is 1. The summed E-state index contributed by atoms with van der Waals surface area (Å²) in [6.45, 7) is 1.94. The number of nitrogens with zero attached hydrogens (tertiary/aromatic N) is 4. The molecule has 1 heterocycles. The van der Waals surface area contributed by atoms with Crippen LogP contribution in [0.5, 0.6) is 5.75 Å². The van der Waals surface area contributed by atoms with Gasteiger partial charge in [-0.05, 0) is 31.2 Å². The summed E-state index contributed by atoms with van der Waals surface area (Å²) in [5.41, 5.74) is 1.89. The number of para-hydroxylation sites is 2. The molecular formula is C20H23N5O4S2. The Hall–Kier alpha value is -3.05. The molecule has 0 aliphatic rings. The number of phenolic OH excluding ortho intramolecular Hbond substituents is 1. The van der Waals surface area contributed by atoms with E-state index in [0.29, 0.717) is 22.4 Å². The van der Waals surface area contributed by atoms with Crippen molar-refractivity contribution in [3.05, 3.63) is 59.9 Å². The summed E-state index contributed by atoms with van der Waals surface area (Å²) in [7, 11) is -1.83. The minimum absolute atomic E-state index is 0.00996. The summed E-state index contributed by atoms with van der Waals surface area (Å²) < 4.78 is 27.6. The van der Waals surface area contributed by atoms with Crippen molar-refractivity contribution >= 4 is 39.1 Å². The molecule has 3 aromatic rings. The average Bonchev–Trinajstić information content (AvgIpc) is 3.06. The number of aromatic nitrogens is 3. The number of carbonyl (C=O) groups excluding carboxylic acids is 1. The van der Waals surface area contributed by atoms with Crippen LogP contribution in [-0.2, 0) is 28.4 Å². The molecule has 164 valence electrons. The Morgan fingerprint density at radius 3 is 2.48 bits per heavy atom. The van der Waals surface area contributed by atoms with E-state index in [1.165, 1.54) is 10.4 Å². The number of amides is 1. The number of benzene rings is 2. The lowest BCUT2D eigenvalue weighted by molar-refractivity contribution is -0.113. The molecule has 0 aliphatic heterocycles. The zero-order valence-electron chi connectivity index (χ0n) is 17.3. The van der Waals surface area contributed by atoms with Gasteiger partial charge < -0.3 is 15.0 Å². The van der Waals surface area contributed by atoms with Gasteiger partial charge in [0.1, 0.15) is 5.75 Å². The highest BCUT2D eigenvalue weighted by atomic mass is 32.2. The Kier molecular flexibility index (Phi) is 6.86. The number of aryl methyl sites for hydroxylation is 1. The largest absolute Gasteiger partial charge is 0.506 e. The molecule has 31 heavy (non-hydrogen) atoms. The van der Waals surface area contributed by atoms with Gasteiger partial charge in [0.25, 0.3) is 0 Å². The van der Waals surface area contributed by atoms with E-state index in [1.807, 2.05) is 19.1 Å². The average molecular weight is 462 g/mol. The molecule has 0 fully saturated rings. The lowest BCUT2D eigenvalue weighted by atomic mass is 10.2. The number of hydrogen-bond acceptors (Lipinski definition) is 7. The van der Waals surface area contributed by atoms with E-state index in [9.17, 15) is 18.3 Å². The fourth-order valence-corrected chi connectivity index (χ4v) is 4.33. The van der Waals surface area contributed by atoms with Crippen LogP contribution >= 0.6 is 11.8 Å². The van der Waals surface area contributed by atoms with E-state index < -0.39 is 10.0 Å². The number of phenols is 1. The smallest absolute Gasteiger partial charge is 0.234 e. The summed E-state index contributed by atoms with van der Waals surface area (Å²) >= 11 is 1.16. The molecule has 1 aromatic heterocycles. The molecule has 11 heteroatoms. The lowest BCUT2D eigenvalue weighted by Crippen LogP contribution is -2.30. The van der Waals surface area contributed by atoms with Crippen molar-refractivity contribution in [2.75, 3.05) is 21.6 Å². The van der Waals surface area contributed by atoms with Gasteiger partial charge in [0.15, 0.2) is 11.0 Å². The number of carbonyl (C=O) groups is 1. The van der Waals surface area contributed by atoms with Crippen LogP contribution < -0.4 is 9.62 Å². The first-order chi connectivity index (χ1) is 14.6. The molecule has 2 N–H and O–H groups in total. The molecule has 0 spiro atoms. The van der Waals surface area contributed by atoms with E-state index in [4.69, 9.17) is 0 Å². The third-order valence-corrected chi connectivity index (χ3v) is 6.60. The highest BCUT2D eigenvalue weighted by molar-refractivity contribution is 7.99. The van der Waals surface area contributed by atoms with E-state index in [-0.39, 0.29) is 24.0 Å². The normalized spacial score (nSPS) is 11.3. The van der Waals surface area contributed by atoms with Crippen LogP contribution in [0.15, 0.2) is 53.7 Å². The third kappa shape index (κ3) is 5.76. The van der Waals surface area contributed by atoms with Crippen molar-refractivity contribution in [3.63, 3.8) is 0 Å². The van der Waals surface area contributed by atoms with Gasteiger partial charge in [-0.2, -0.15) is 0 Å². The van der Waals surface area contributed by atoms with Crippen molar-refractivity contribution in [2.45, 2.75) is 18.6 Å². The minimum Gasteiger partial charge on any atom is -0.506 e. The molecule has 3 rings (SSSR count). The first-order valence-electron chi connectivity index (χ1n) is 9.28. The van der Waals surface area contributed by atoms with Crippen LogP contribution in [0.4, 0.5) is 11.4 Å². The second-order valence-corrected chi connectivity index (χ2v) is 9.77. The number of rotatable bonds is 8. The van der Waals surface area contributed by atoms with E-state index in [2.05, 4.69) is 15.5 Å². The number of thioether (sulfide) groups is 1. The second-order valence-electron chi connectivity index (χ2n) is 6.92. The Balaban J connectivity index is 1.69. The summed E-state index contributed by atoms with van der Waals surface area (Å²) in [6, 6.07) is 13.6. The number of sulfonamides is 1. The van der Waals surface area contributed by atoms with E-state index >= 15 is 0 Å². The highest BCUT2D eigenvalue weighted by Crippen LogP contribution is 2.24.